The van der Waals surface area contributed by atoms with Crippen LogP contribution in [0.25, 0.3) is 0 Å². The van der Waals surface area contributed by atoms with Crippen LogP contribution in [0.3, 0.4) is 0 Å². The van der Waals surface area contributed by atoms with Gasteiger partial charge in [0.15, 0.2) is 0 Å². The molecule has 0 nitrogen and oxygen atoms in total. The number of rotatable bonds is 14. The van der Waals surface area contributed by atoms with Gasteiger partial charge in [0.1, 0.15) is 0 Å². The lowest BCUT2D eigenvalue weighted by Crippen LogP contribution is -2.16. The minimum Gasteiger partial charge on any atom is -0.0942 e. The van der Waals surface area contributed by atoms with Crippen molar-refractivity contribution in [2.45, 2.75) is 97.2 Å². The van der Waals surface area contributed by atoms with Gasteiger partial charge in [-0.1, -0.05) is 94.2 Å². The number of unbranched alkanes of at least 4 members (excludes halogenated alkanes) is 5. The van der Waals surface area contributed by atoms with Crippen molar-refractivity contribution in [2.75, 3.05) is 5.75 Å². The Morgan fingerprint density at radius 2 is 1.32 bits per heavy atom. The Morgan fingerprint density at radius 3 is 1.84 bits per heavy atom. The molecule has 0 aromatic rings. The predicted octanol–water partition coefficient (Wildman–Crippen LogP) is 7.33. The van der Waals surface area contributed by atoms with E-state index in [0.717, 1.165) is 11.2 Å². The molecule has 2 unspecified atom stereocenters. The van der Waals surface area contributed by atoms with Gasteiger partial charge in [-0.15, -0.1) is 0 Å². The molecule has 0 aliphatic carbocycles. The van der Waals surface area contributed by atoms with E-state index in [2.05, 4.69) is 49.3 Å². The lowest BCUT2D eigenvalue weighted by Gasteiger charge is -2.25. The van der Waals surface area contributed by atoms with Crippen LogP contribution < -0.4 is 0 Å². The van der Waals surface area contributed by atoms with Gasteiger partial charge in [0.25, 0.3) is 0 Å². The molecule has 0 heterocycles. The predicted molar refractivity (Wildman–Crippen MR) is 96.2 cm³/mol. The maximum absolute atomic E-state index is 2.38. The van der Waals surface area contributed by atoms with Crippen LogP contribution in [0.5, 0.6) is 0 Å². The van der Waals surface area contributed by atoms with Crippen molar-refractivity contribution >= 4 is 21.6 Å². The van der Waals surface area contributed by atoms with E-state index in [0.29, 0.717) is 0 Å². The van der Waals surface area contributed by atoms with Crippen LogP contribution in [-0.4, -0.2) is 11.0 Å². The van der Waals surface area contributed by atoms with Crippen LogP contribution in [0.15, 0.2) is 0 Å². The highest BCUT2D eigenvalue weighted by atomic mass is 33.1. The monoisotopic (exact) mass is 304 g/mol. The maximum atomic E-state index is 2.38. The number of hydrogen-bond donors (Lipinski definition) is 0. The van der Waals surface area contributed by atoms with Gasteiger partial charge in [0.2, 0.25) is 0 Å². The minimum atomic E-state index is 0.892. The molecule has 0 N–H and O–H groups in total. The molecule has 0 saturated heterocycles. The van der Waals surface area contributed by atoms with E-state index < -0.39 is 0 Å². The van der Waals surface area contributed by atoms with Gasteiger partial charge in [-0.25, -0.2) is 0 Å². The van der Waals surface area contributed by atoms with Crippen molar-refractivity contribution in [1.29, 1.82) is 0 Å². The van der Waals surface area contributed by atoms with Crippen LogP contribution in [0.1, 0.15) is 91.9 Å². The summed E-state index contributed by atoms with van der Waals surface area (Å²) in [6.45, 7) is 9.28. The van der Waals surface area contributed by atoms with Gasteiger partial charge >= 0.3 is 0 Å². The highest BCUT2D eigenvalue weighted by molar-refractivity contribution is 8.76. The smallest absolute Gasteiger partial charge is 0.0177 e. The third-order valence-electron chi connectivity index (χ3n) is 3.84. The van der Waals surface area contributed by atoms with Crippen LogP contribution in [0, 0.1) is 5.92 Å². The van der Waals surface area contributed by atoms with Crippen molar-refractivity contribution in [1.82, 2.24) is 0 Å². The topological polar surface area (TPSA) is 0 Å². The van der Waals surface area contributed by atoms with Gasteiger partial charge in [-0.3, -0.25) is 0 Å². The Morgan fingerprint density at radius 1 is 0.737 bits per heavy atom. The molecule has 19 heavy (non-hydrogen) atoms. The van der Waals surface area contributed by atoms with E-state index >= 15 is 0 Å². The highest BCUT2D eigenvalue weighted by Gasteiger charge is 2.19. The summed E-state index contributed by atoms with van der Waals surface area (Å²) in [4.78, 5) is 0. The molecule has 0 radical (unpaired) electrons. The first-order chi connectivity index (χ1) is 9.29. The van der Waals surface area contributed by atoms with Crippen molar-refractivity contribution in [3.63, 3.8) is 0 Å². The summed E-state index contributed by atoms with van der Waals surface area (Å²) in [6, 6.07) is 0. The maximum Gasteiger partial charge on any atom is 0.0177 e. The molecule has 0 aliphatic rings. The molecule has 2 heteroatoms. The molecule has 0 aromatic carbocycles. The first-order valence-corrected chi connectivity index (χ1v) is 11.0. The zero-order valence-electron chi connectivity index (χ0n) is 13.7. The van der Waals surface area contributed by atoms with Gasteiger partial charge < -0.3 is 0 Å². The summed E-state index contributed by atoms with van der Waals surface area (Å²) >= 11 is 0. The second-order valence-corrected chi connectivity index (χ2v) is 8.45. The van der Waals surface area contributed by atoms with E-state index in [1.165, 1.54) is 70.0 Å². The molecule has 116 valence electrons. The molecule has 0 rings (SSSR count). The average molecular weight is 305 g/mol. The van der Waals surface area contributed by atoms with Crippen molar-refractivity contribution in [3.05, 3.63) is 0 Å². The first-order valence-electron chi connectivity index (χ1n) is 8.58. The van der Waals surface area contributed by atoms with Crippen LogP contribution in [0.4, 0.5) is 0 Å². The third-order valence-corrected chi connectivity index (χ3v) is 7.04. The molecule has 0 aromatic heterocycles. The van der Waals surface area contributed by atoms with E-state index in [9.17, 15) is 0 Å². The van der Waals surface area contributed by atoms with Crippen molar-refractivity contribution < 1.29 is 0 Å². The Hall–Kier alpha value is 0.700. The van der Waals surface area contributed by atoms with Crippen molar-refractivity contribution in [3.8, 4) is 0 Å². The summed E-state index contributed by atoms with van der Waals surface area (Å²) < 4.78 is 0. The zero-order chi connectivity index (χ0) is 14.3. The Kier molecular flexibility index (Phi) is 15.7. The summed E-state index contributed by atoms with van der Waals surface area (Å²) in [5.74, 6) is 2.22. The van der Waals surface area contributed by atoms with Gasteiger partial charge in [0, 0.05) is 11.0 Å². The van der Waals surface area contributed by atoms with Gasteiger partial charge in [-0.2, -0.15) is 0 Å². The highest BCUT2D eigenvalue weighted by Crippen LogP contribution is 2.37. The Labute approximate surface area is 130 Å². The lowest BCUT2D eigenvalue weighted by atomic mass is 9.90. The molecular weight excluding hydrogens is 268 g/mol. The molecular formula is C17H36S2. The summed E-state index contributed by atoms with van der Waals surface area (Å²) in [5.41, 5.74) is 0. The zero-order valence-corrected chi connectivity index (χ0v) is 15.4. The quantitative estimate of drug-likeness (QED) is 0.243. The number of hydrogen-bond acceptors (Lipinski definition) is 2. The van der Waals surface area contributed by atoms with Crippen molar-refractivity contribution in [2.24, 2.45) is 5.92 Å². The van der Waals surface area contributed by atoms with Crippen LogP contribution in [0.2, 0.25) is 0 Å². The van der Waals surface area contributed by atoms with Crippen LogP contribution >= 0.6 is 21.6 Å². The van der Waals surface area contributed by atoms with E-state index in [4.69, 9.17) is 0 Å². The average Bonchev–Trinajstić information content (AvgIpc) is 2.43. The molecule has 0 saturated carbocycles. The fraction of sp³-hybridized carbons (Fsp3) is 1.00. The summed E-state index contributed by atoms with van der Waals surface area (Å²) in [6.07, 6.45) is 14.2. The molecule has 0 aliphatic heterocycles. The van der Waals surface area contributed by atoms with E-state index in [1.807, 2.05) is 0 Å². The second kappa shape index (κ2) is 15.1. The second-order valence-electron chi connectivity index (χ2n) is 5.55. The fourth-order valence-corrected chi connectivity index (χ4v) is 5.33. The minimum absolute atomic E-state index is 0.892. The summed E-state index contributed by atoms with van der Waals surface area (Å²) in [5, 5.41) is 0.892. The molecule has 2 atom stereocenters. The largest absolute Gasteiger partial charge is 0.0942 e. The standard InChI is InChI=1S/C17H36S2/c1-5-9-11-13-15-16(14-12-10-6-2)17(7-3)19-18-8-4/h16-17H,5-15H2,1-4H3. The van der Waals surface area contributed by atoms with Crippen LogP contribution in [-0.2, 0) is 0 Å². The van der Waals surface area contributed by atoms with Gasteiger partial charge in [-0.05, 0) is 25.2 Å². The SMILES string of the molecule is CCCCCCC(CCCCC)C(CC)SSCC. The summed E-state index contributed by atoms with van der Waals surface area (Å²) in [7, 11) is 4.24. The normalized spacial score (nSPS) is 14.5. The molecule has 0 amide bonds. The third kappa shape index (κ3) is 11.1. The molecule has 0 bridgehead atoms. The first kappa shape index (κ1) is 19.7. The lowest BCUT2D eigenvalue weighted by molar-refractivity contribution is 0.392. The fourth-order valence-electron chi connectivity index (χ4n) is 2.64. The Balaban J connectivity index is 4.10. The van der Waals surface area contributed by atoms with E-state index in [1.54, 1.807) is 0 Å². The van der Waals surface area contributed by atoms with Gasteiger partial charge in [0.05, 0.1) is 0 Å². The Bertz CT molecular complexity index is 171. The molecule has 0 fully saturated rings. The van der Waals surface area contributed by atoms with E-state index in [-0.39, 0.29) is 0 Å². The molecule has 0 spiro atoms.